The van der Waals surface area contributed by atoms with Crippen LogP contribution in [0.2, 0.25) is 0 Å². The molecule has 0 bridgehead atoms. The molecule has 0 N–H and O–H groups in total. The Hall–Kier alpha value is -0.780. The smallest absolute Gasteiger partial charge is 0.0162 e. The van der Waals surface area contributed by atoms with Gasteiger partial charge < -0.3 is 0 Å². The monoisotopic (exact) mass is 204 g/mol. The third-order valence-corrected chi connectivity index (χ3v) is 3.15. The highest BCUT2D eigenvalue weighted by molar-refractivity contribution is 5.24. The van der Waals surface area contributed by atoms with Crippen LogP contribution in [0.4, 0.5) is 0 Å². The van der Waals surface area contributed by atoms with Crippen molar-refractivity contribution in [3.63, 3.8) is 0 Å². The Labute approximate surface area is 94.7 Å². The number of hydrogen-bond donors (Lipinski definition) is 0. The highest BCUT2D eigenvalue weighted by Crippen LogP contribution is 2.32. The van der Waals surface area contributed by atoms with Gasteiger partial charge in [-0.1, -0.05) is 62.9 Å². The zero-order chi connectivity index (χ0) is 11.1. The lowest BCUT2D eigenvalue weighted by Gasteiger charge is -2.21. The first-order valence-electron chi connectivity index (χ1n) is 6.43. The first-order valence-corrected chi connectivity index (χ1v) is 6.43. The van der Waals surface area contributed by atoms with Crippen LogP contribution in [0.3, 0.4) is 0 Å². The molecule has 0 amide bonds. The molecule has 0 unspecified atom stereocenters. The number of hydrogen-bond acceptors (Lipinski definition) is 0. The Kier molecular flexibility index (Phi) is 5.45. The van der Waals surface area contributed by atoms with E-state index >= 15 is 0 Å². The van der Waals surface area contributed by atoms with Gasteiger partial charge >= 0.3 is 0 Å². The predicted octanol–water partition coefficient (Wildman–Crippen LogP) is 5.07. The summed E-state index contributed by atoms with van der Waals surface area (Å²) in [4.78, 5) is 0. The van der Waals surface area contributed by atoms with E-state index in [0.717, 1.165) is 5.92 Å². The average Bonchev–Trinajstić information content (AvgIpc) is 2.34. The molecule has 0 saturated heterocycles. The summed E-state index contributed by atoms with van der Waals surface area (Å²) in [5.74, 6) is 0.856. The predicted molar refractivity (Wildman–Crippen MR) is 68.4 cm³/mol. The zero-order valence-corrected chi connectivity index (χ0v) is 10.4. The summed E-state index contributed by atoms with van der Waals surface area (Å²) in [6.07, 6.45) is 7.12. The second-order valence-electron chi connectivity index (χ2n) is 4.25. The number of rotatable bonds is 1. The quantitative estimate of drug-likeness (QED) is 0.599. The van der Waals surface area contributed by atoms with Crippen LogP contribution in [0, 0.1) is 6.92 Å². The fraction of sp³-hybridized carbons (Fsp3) is 0.600. The summed E-state index contributed by atoms with van der Waals surface area (Å²) in [5, 5.41) is 0. The van der Waals surface area contributed by atoms with Crippen molar-refractivity contribution in [2.45, 2.75) is 58.8 Å². The SMILES string of the molecule is CC.Cc1ccc(C2CCCCC2)cc1. The Morgan fingerprint density at radius 2 is 1.40 bits per heavy atom. The van der Waals surface area contributed by atoms with Crippen LogP contribution in [0.15, 0.2) is 24.3 Å². The van der Waals surface area contributed by atoms with Crippen molar-refractivity contribution in [1.29, 1.82) is 0 Å². The molecular formula is C15H24. The van der Waals surface area contributed by atoms with Gasteiger partial charge in [0.2, 0.25) is 0 Å². The molecule has 1 aromatic carbocycles. The van der Waals surface area contributed by atoms with Crippen LogP contribution in [0.25, 0.3) is 0 Å². The summed E-state index contributed by atoms with van der Waals surface area (Å²) < 4.78 is 0. The molecule has 0 atom stereocenters. The minimum atomic E-state index is 0.856. The van der Waals surface area contributed by atoms with E-state index in [1.54, 1.807) is 5.56 Å². The van der Waals surface area contributed by atoms with Crippen molar-refractivity contribution in [1.82, 2.24) is 0 Å². The van der Waals surface area contributed by atoms with Crippen molar-refractivity contribution in [2.24, 2.45) is 0 Å². The van der Waals surface area contributed by atoms with Gasteiger partial charge in [0, 0.05) is 0 Å². The molecule has 2 rings (SSSR count). The Morgan fingerprint density at radius 3 is 1.93 bits per heavy atom. The van der Waals surface area contributed by atoms with E-state index in [1.807, 2.05) is 13.8 Å². The molecule has 1 aliphatic carbocycles. The number of benzene rings is 1. The normalized spacial score (nSPS) is 16.7. The minimum absolute atomic E-state index is 0.856. The molecule has 0 heteroatoms. The van der Waals surface area contributed by atoms with E-state index in [0.29, 0.717) is 0 Å². The van der Waals surface area contributed by atoms with E-state index in [9.17, 15) is 0 Å². The van der Waals surface area contributed by atoms with Crippen LogP contribution in [-0.4, -0.2) is 0 Å². The fourth-order valence-corrected chi connectivity index (χ4v) is 2.27. The van der Waals surface area contributed by atoms with Crippen LogP contribution >= 0.6 is 0 Å². The van der Waals surface area contributed by atoms with Gasteiger partial charge in [0.1, 0.15) is 0 Å². The van der Waals surface area contributed by atoms with Gasteiger partial charge in [-0.05, 0) is 31.2 Å². The maximum atomic E-state index is 2.31. The van der Waals surface area contributed by atoms with Gasteiger partial charge in [-0.15, -0.1) is 0 Å². The molecule has 0 nitrogen and oxygen atoms in total. The second-order valence-corrected chi connectivity index (χ2v) is 4.25. The van der Waals surface area contributed by atoms with Crippen molar-refractivity contribution >= 4 is 0 Å². The van der Waals surface area contributed by atoms with Crippen LogP contribution < -0.4 is 0 Å². The minimum Gasteiger partial charge on any atom is -0.0683 e. The molecule has 0 aliphatic heterocycles. The van der Waals surface area contributed by atoms with Crippen LogP contribution in [0.1, 0.15) is 63.0 Å². The first kappa shape index (κ1) is 12.3. The Balaban J connectivity index is 0.000000531. The molecule has 0 spiro atoms. The van der Waals surface area contributed by atoms with E-state index in [1.165, 1.54) is 37.7 Å². The summed E-state index contributed by atoms with van der Waals surface area (Å²) in [6.45, 7) is 6.16. The highest BCUT2D eigenvalue weighted by atomic mass is 14.2. The van der Waals surface area contributed by atoms with E-state index in [-0.39, 0.29) is 0 Å². The molecule has 0 aromatic heterocycles. The van der Waals surface area contributed by atoms with Gasteiger partial charge in [-0.2, -0.15) is 0 Å². The lowest BCUT2D eigenvalue weighted by atomic mass is 9.84. The van der Waals surface area contributed by atoms with Gasteiger partial charge in [0.05, 0.1) is 0 Å². The van der Waals surface area contributed by atoms with Gasteiger partial charge in [-0.3, -0.25) is 0 Å². The van der Waals surface area contributed by atoms with Crippen molar-refractivity contribution in [3.8, 4) is 0 Å². The Bertz CT molecular complexity index is 252. The molecule has 0 heterocycles. The van der Waals surface area contributed by atoms with E-state index in [4.69, 9.17) is 0 Å². The largest absolute Gasteiger partial charge is 0.0683 e. The Morgan fingerprint density at radius 1 is 0.867 bits per heavy atom. The molecule has 1 saturated carbocycles. The van der Waals surface area contributed by atoms with Crippen molar-refractivity contribution in [2.75, 3.05) is 0 Å². The lowest BCUT2D eigenvalue weighted by molar-refractivity contribution is 0.443. The van der Waals surface area contributed by atoms with Crippen LogP contribution in [-0.2, 0) is 0 Å². The second kappa shape index (κ2) is 6.66. The van der Waals surface area contributed by atoms with E-state index in [2.05, 4.69) is 31.2 Å². The summed E-state index contributed by atoms with van der Waals surface area (Å²) in [7, 11) is 0. The summed E-state index contributed by atoms with van der Waals surface area (Å²) in [5.41, 5.74) is 2.94. The molecule has 0 radical (unpaired) electrons. The zero-order valence-electron chi connectivity index (χ0n) is 10.4. The molecule has 1 aliphatic rings. The summed E-state index contributed by atoms with van der Waals surface area (Å²) in [6, 6.07) is 9.10. The van der Waals surface area contributed by atoms with Crippen molar-refractivity contribution in [3.05, 3.63) is 35.4 Å². The molecule has 1 aromatic rings. The van der Waals surface area contributed by atoms with E-state index < -0.39 is 0 Å². The molecule has 84 valence electrons. The fourth-order valence-electron chi connectivity index (χ4n) is 2.27. The first-order chi connectivity index (χ1) is 7.36. The molecule has 1 fully saturated rings. The molecule has 15 heavy (non-hydrogen) atoms. The van der Waals surface area contributed by atoms with Crippen LogP contribution in [0.5, 0.6) is 0 Å². The average molecular weight is 204 g/mol. The van der Waals surface area contributed by atoms with Gasteiger partial charge in [-0.25, -0.2) is 0 Å². The molecular weight excluding hydrogens is 180 g/mol. The topological polar surface area (TPSA) is 0 Å². The third kappa shape index (κ3) is 3.70. The van der Waals surface area contributed by atoms with Gasteiger partial charge in [0.25, 0.3) is 0 Å². The van der Waals surface area contributed by atoms with Gasteiger partial charge in [0.15, 0.2) is 0 Å². The summed E-state index contributed by atoms with van der Waals surface area (Å²) >= 11 is 0. The van der Waals surface area contributed by atoms with Crippen molar-refractivity contribution < 1.29 is 0 Å². The highest BCUT2D eigenvalue weighted by Gasteiger charge is 2.14. The lowest BCUT2D eigenvalue weighted by Crippen LogP contribution is -2.04. The maximum Gasteiger partial charge on any atom is -0.0162 e. The number of aryl methyl sites for hydroxylation is 1. The standard InChI is InChI=1S/C13H18.C2H6/c1-11-7-9-13(10-8-11)12-5-3-2-4-6-12;1-2/h7-10,12H,2-6H2,1H3;1-2H3. The third-order valence-electron chi connectivity index (χ3n) is 3.15. The maximum absolute atomic E-state index is 2.31.